The van der Waals surface area contributed by atoms with Gasteiger partial charge in [-0.25, -0.2) is 4.39 Å². The Hall–Kier alpha value is -3.49. The molecule has 2 aliphatic rings. The number of carbonyl (C=O) groups excluding carboxylic acids is 2. The average molecular weight is 426 g/mol. The Labute approximate surface area is 179 Å². The Bertz CT molecular complexity index is 1010. The molecule has 2 amide bonds. The fraction of sp³-hybridized carbons (Fsp3) is 0.364. The summed E-state index contributed by atoms with van der Waals surface area (Å²) in [5.41, 5.74) is 1.19. The maximum absolute atomic E-state index is 13.4. The molecule has 0 aliphatic carbocycles. The molecule has 0 unspecified atom stereocenters. The number of nitro benzene ring substituents is 1. The molecule has 0 radical (unpaired) electrons. The number of carbonyl (C=O) groups is 2. The average Bonchev–Trinajstić information content (AvgIpc) is 3.32. The van der Waals surface area contributed by atoms with E-state index in [0.717, 1.165) is 25.9 Å². The van der Waals surface area contributed by atoms with Crippen LogP contribution >= 0.6 is 0 Å². The van der Waals surface area contributed by atoms with Crippen LogP contribution in [0.25, 0.3) is 0 Å². The molecule has 2 fully saturated rings. The quantitative estimate of drug-likeness (QED) is 0.554. The van der Waals surface area contributed by atoms with Crippen LogP contribution in [0, 0.1) is 15.9 Å². The summed E-state index contributed by atoms with van der Waals surface area (Å²) in [5, 5.41) is 11.3. The smallest absolute Gasteiger partial charge is 0.270 e. The molecule has 31 heavy (non-hydrogen) atoms. The van der Waals surface area contributed by atoms with Crippen LogP contribution in [0.5, 0.6) is 0 Å². The Morgan fingerprint density at radius 1 is 0.871 bits per heavy atom. The Morgan fingerprint density at radius 2 is 1.52 bits per heavy atom. The van der Waals surface area contributed by atoms with Gasteiger partial charge in [-0.15, -0.1) is 0 Å². The first kappa shape index (κ1) is 20.8. The van der Waals surface area contributed by atoms with E-state index in [1.54, 1.807) is 21.9 Å². The van der Waals surface area contributed by atoms with Gasteiger partial charge in [0.05, 0.1) is 16.2 Å². The summed E-state index contributed by atoms with van der Waals surface area (Å²) >= 11 is 0. The normalized spacial score (nSPS) is 16.5. The maximum atomic E-state index is 13.4. The minimum Gasteiger partial charge on any atom is -0.371 e. The number of non-ortho nitro benzene ring substituents is 1. The van der Waals surface area contributed by atoms with Crippen LogP contribution in [-0.2, 0) is 0 Å². The van der Waals surface area contributed by atoms with Crippen molar-refractivity contribution in [2.75, 3.05) is 44.2 Å². The summed E-state index contributed by atoms with van der Waals surface area (Å²) in [6, 6.07) is 9.97. The van der Waals surface area contributed by atoms with Crippen molar-refractivity contribution in [1.82, 2.24) is 9.80 Å². The van der Waals surface area contributed by atoms with E-state index >= 15 is 0 Å². The molecule has 0 saturated carbocycles. The van der Waals surface area contributed by atoms with E-state index in [2.05, 4.69) is 4.90 Å². The van der Waals surface area contributed by atoms with Crippen molar-refractivity contribution >= 4 is 23.2 Å². The number of halogens is 1. The topological polar surface area (TPSA) is 87.0 Å². The highest BCUT2D eigenvalue weighted by Crippen LogP contribution is 2.29. The van der Waals surface area contributed by atoms with Crippen molar-refractivity contribution in [3.05, 3.63) is 69.5 Å². The molecule has 4 rings (SSSR count). The lowest BCUT2D eigenvalue weighted by Crippen LogP contribution is -2.50. The molecule has 2 aliphatic heterocycles. The number of amides is 2. The number of benzene rings is 2. The fourth-order valence-electron chi connectivity index (χ4n) is 4.13. The Kier molecular flexibility index (Phi) is 5.83. The van der Waals surface area contributed by atoms with Crippen molar-refractivity contribution in [3.8, 4) is 0 Å². The second-order valence-electron chi connectivity index (χ2n) is 7.75. The zero-order chi connectivity index (χ0) is 22.0. The SMILES string of the molecule is O=C(c1cccc(F)c1)N1CCN(C(=O)c2cc([N+](=O)[O-])ccc2N2CCCC2)CC1. The van der Waals surface area contributed by atoms with Crippen molar-refractivity contribution < 1.29 is 18.9 Å². The predicted molar refractivity (Wildman–Crippen MR) is 113 cm³/mol. The number of anilines is 1. The van der Waals surface area contributed by atoms with E-state index in [4.69, 9.17) is 0 Å². The van der Waals surface area contributed by atoms with Gasteiger partial charge in [-0.3, -0.25) is 19.7 Å². The molecule has 0 atom stereocenters. The van der Waals surface area contributed by atoms with Gasteiger partial charge in [0.1, 0.15) is 5.82 Å². The number of hydrogen-bond acceptors (Lipinski definition) is 5. The van der Waals surface area contributed by atoms with Gasteiger partial charge < -0.3 is 14.7 Å². The van der Waals surface area contributed by atoms with E-state index < -0.39 is 10.7 Å². The summed E-state index contributed by atoms with van der Waals surface area (Å²) in [5.74, 6) is -1.03. The Morgan fingerprint density at radius 3 is 2.13 bits per heavy atom. The minimum absolute atomic E-state index is 0.119. The second kappa shape index (κ2) is 8.71. The molecule has 0 spiro atoms. The predicted octanol–water partition coefficient (Wildman–Crippen LogP) is 2.93. The summed E-state index contributed by atoms with van der Waals surface area (Å²) in [4.78, 5) is 41.9. The van der Waals surface area contributed by atoms with Gasteiger partial charge in [-0.1, -0.05) is 6.07 Å². The van der Waals surface area contributed by atoms with Gasteiger partial charge in [0.15, 0.2) is 0 Å². The first-order valence-corrected chi connectivity index (χ1v) is 10.3. The lowest BCUT2D eigenvalue weighted by molar-refractivity contribution is -0.384. The van der Waals surface area contributed by atoms with Crippen LogP contribution in [0.1, 0.15) is 33.6 Å². The van der Waals surface area contributed by atoms with Gasteiger partial charge in [-0.05, 0) is 37.1 Å². The van der Waals surface area contributed by atoms with E-state index in [9.17, 15) is 24.1 Å². The molecule has 2 aromatic carbocycles. The van der Waals surface area contributed by atoms with E-state index in [-0.39, 0.29) is 23.1 Å². The van der Waals surface area contributed by atoms with E-state index in [1.165, 1.54) is 30.3 Å². The summed E-state index contributed by atoms with van der Waals surface area (Å²) in [6.45, 7) is 2.87. The molecular formula is C22H23FN4O4. The third-order valence-electron chi connectivity index (χ3n) is 5.79. The van der Waals surface area contributed by atoms with Gasteiger partial charge in [0, 0.05) is 57.0 Å². The minimum atomic E-state index is -0.500. The van der Waals surface area contributed by atoms with Crippen LogP contribution < -0.4 is 4.90 Å². The molecule has 2 saturated heterocycles. The number of piperazine rings is 1. The molecule has 9 heteroatoms. The number of rotatable bonds is 4. The van der Waals surface area contributed by atoms with Crippen LogP contribution in [0.3, 0.4) is 0 Å². The standard InChI is InChI=1S/C22H23FN4O4/c23-17-5-3-4-16(14-17)21(28)25-10-12-26(13-11-25)22(29)19-15-18(27(30)31)6-7-20(19)24-8-1-2-9-24/h3-7,14-15H,1-2,8-13H2. The second-order valence-corrected chi connectivity index (χ2v) is 7.75. The highest BCUT2D eigenvalue weighted by Gasteiger charge is 2.29. The van der Waals surface area contributed by atoms with E-state index in [1.807, 2.05) is 0 Å². The fourth-order valence-corrected chi connectivity index (χ4v) is 4.13. The van der Waals surface area contributed by atoms with Crippen molar-refractivity contribution in [3.63, 3.8) is 0 Å². The van der Waals surface area contributed by atoms with Crippen molar-refractivity contribution in [1.29, 1.82) is 0 Å². The van der Waals surface area contributed by atoms with Gasteiger partial charge in [0.2, 0.25) is 0 Å². The first-order chi connectivity index (χ1) is 14.9. The summed E-state index contributed by atoms with van der Waals surface area (Å²) in [6.07, 6.45) is 2.04. The Balaban J connectivity index is 1.50. The molecule has 2 aromatic rings. The summed E-state index contributed by atoms with van der Waals surface area (Å²) < 4.78 is 13.4. The highest BCUT2D eigenvalue weighted by atomic mass is 19.1. The lowest BCUT2D eigenvalue weighted by atomic mass is 10.1. The number of nitrogens with zero attached hydrogens (tertiary/aromatic N) is 4. The van der Waals surface area contributed by atoms with Crippen LogP contribution in [0.2, 0.25) is 0 Å². The molecule has 8 nitrogen and oxygen atoms in total. The first-order valence-electron chi connectivity index (χ1n) is 10.3. The molecule has 0 N–H and O–H groups in total. The lowest BCUT2D eigenvalue weighted by Gasteiger charge is -2.35. The van der Waals surface area contributed by atoms with Gasteiger partial charge >= 0.3 is 0 Å². The zero-order valence-corrected chi connectivity index (χ0v) is 17.0. The molecule has 162 valence electrons. The third-order valence-corrected chi connectivity index (χ3v) is 5.79. The van der Waals surface area contributed by atoms with Crippen molar-refractivity contribution in [2.45, 2.75) is 12.8 Å². The molecule has 2 heterocycles. The zero-order valence-electron chi connectivity index (χ0n) is 17.0. The molecule has 0 aromatic heterocycles. The largest absolute Gasteiger partial charge is 0.371 e. The molecule has 0 bridgehead atoms. The number of nitro groups is 1. The monoisotopic (exact) mass is 426 g/mol. The van der Waals surface area contributed by atoms with Gasteiger partial charge in [0.25, 0.3) is 17.5 Å². The number of hydrogen-bond donors (Lipinski definition) is 0. The summed E-state index contributed by atoms with van der Waals surface area (Å²) in [7, 11) is 0. The van der Waals surface area contributed by atoms with Crippen LogP contribution in [0.15, 0.2) is 42.5 Å². The van der Waals surface area contributed by atoms with Crippen LogP contribution in [-0.4, -0.2) is 65.8 Å². The van der Waals surface area contributed by atoms with Crippen LogP contribution in [0.4, 0.5) is 15.8 Å². The van der Waals surface area contributed by atoms with E-state index in [0.29, 0.717) is 37.4 Å². The third kappa shape index (κ3) is 4.35. The van der Waals surface area contributed by atoms with Crippen molar-refractivity contribution in [2.24, 2.45) is 0 Å². The highest BCUT2D eigenvalue weighted by molar-refractivity contribution is 6.01. The van der Waals surface area contributed by atoms with Gasteiger partial charge in [-0.2, -0.15) is 0 Å². The molecular weight excluding hydrogens is 403 g/mol. The maximum Gasteiger partial charge on any atom is 0.270 e.